The highest BCUT2D eigenvalue weighted by Crippen LogP contribution is 2.37. The van der Waals surface area contributed by atoms with Crippen LogP contribution in [0.2, 0.25) is 0 Å². The molecule has 0 bridgehead atoms. The van der Waals surface area contributed by atoms with Gasteiger partial charge in [-0.1, -0.05) is 122 Å². The highest BCUT2D eigenvalue weighted by atomic mass is 14.3. The molecule has 0 aliphatic heterocycles. The van der Waals surface area contributed by atoms with E-state index in [0.717, 1.165) is 17.8 Å². The first-order chi connectivity index (χ1) is 10.9. The summed E-state index contributed by atoms with van der Waals surface area (Å²) in [6.07, 6.45) is 27.3. The average Bonchev–Trinajstić information content (AvgIpc) is 3.06. The first-order valence-corrected chi connectivity index (χ1v) is 10.9. The second-order valence-corrected chi connectivity index (χ2v) is 8.42. The minimum absolute atomic E-state index is 1.04. The molecule has 0 aromatic heterocycles. The van der Waals surface area contributed by atoms with Gasteiger partial charge in [0.2, 0.25) is 0 Å². The maximum absolute atomic E-state index is 2.42. The Kier molecular flexibility index (Phi) is 9.61. The largest absolute Gasteiger partial charge is 0.0651 e. The first kappa shape index (κ1) is 18.3. The summed E-state index contributed by atoms with van der Waals surface area (Å²) in [4.78, 5) is 0. The summed E-state index contributed by atoms with van der Waals surface area (Å²) >= 11 is 0. The van der Waals surface area contributed by atoms with Gasteiger partial charge in [-0.05, 0) is 17.8 Å². The van der Waals surface area contributed by atoms with Crippen molar-refractivity contribution in [3.8, 4) is 0 Å². The van der Waals surface area contributed by atoms with Crippen LogP contribution in [0.3, 0.4) is 0 Å². The lowest BCUT2D eigenvalue weighted by molar-refractivity contribution is 0.271. The Hall–Kier alpha value is 0. The van der Waals surface area contributed by atoms with Crippen LogP contribution in [0.5, 0.6) is 0 Å². The van der Waals surface area contributed by atoms with Gasteiger partial charge in [-0.2, -0.15) is 0 Å². The summed E-state index contributed by atoms with van der Waals surface area (Å²) in [5, 5.41) is 0. The van der Waals surface area contributed by atoms with Gasteiger partial charge in [0.1, 0.15) is 0 Å². The van der Waals surface area contributed by atoms with Gasteiger partial charge < -0.3 is 0 Å². The number of rotatable bonds is 2. The molecule has 130 valence electrons. The van der Waals surface area contributed by atoms with E-state index < -0.39 is 0 Å². The molecule has 2 aliphatic carbocycles. The third-order valence-corrected chi connectivity index (χ3v) is 6.77. The highest BCUT2D eigenvalue weighted by molar-refractivity contribution is 4.76. The van der Waals surface area contributed by atoms with Crippen molar-refractivity contribution in [3.05, 3.63) is 0 Å². The molecule has 0 aromatic rings. The van der Waals surface area contributed by atoms with Crippen LogP contribution in [0.4, 0.5) is 0 Å². The van der Waals surface area contributed by atoms with Crippen molar-refractivity contribution in [1.82, 2.24) is 0 Å². The van der Waals surface area contributed by atoms with Crippen molar-refractivity contribution in [2.75, 3.05) is 0 Å². The molecule has 2 fully saturated rings. The van der Waals surface area contributed by atoms with Crippen LogP contribution in [0.15, 0.2) is 0 Å². The van der Waals surface area contributed by atoms with Crippen LogP contribution in [0.25, 0.3) is 0 Å². The Morgan fingerprint density at radius 3 is 1.36 bits per heavy atom. The minimum Gasteiger partial charge on any atom is -0.0651 e. The van der Waals surface area contributed by atoms with Crippen LogP contribution in [0.1, 0.15) is 122 Å². The molecule has 2 rings (SSSR count). The quantitative estimate of drug-likeness (QED) is 0.486. The van der Waals surface area contributed by atoms with Gasteiger partial charge >= 0.3 is 0 Å². The molecule has 22 heavy (non-hydrogen) atoms. The van der Waals surface area contributed by atoms with Crippen molar-refractivity contribution in [2.24, 2.45) is 17.8 Å². The highest BCUT2D eigenvalue weighted by Gasteiger charge is 2.24. The maximum atomic E-state index is 2.42. The Morgan fingerprint density at radius 2 is 0.818 bits per heavy atom. The van der Waals surface area contributed by atoms with Crippen LogP contribution in [0, 0.1) is 17.8 Å². The fraction of sp³-hybridized carbons (Fsp3) is 1.00. The molecule has 0 nitrogen and oxygen atoms in total. The van der Waals surface area contributed by atoms with E-state index in [1.807, 2.05) is 0 Å². The Labute approximate surface area is 140 Å². The molecular weight excluding hydrogens is 264 g/mol. The van der Waals surface area contributed by atoms with Crippen molar-refractivity contribution in [1.29, 1.82) is 0 Å². The van der Waals surface area contributed by atoms with E-state index in [1.165, 1.54) is 89.9 Å². The van der Waals surface area contributed by atoms with E-state index in [9.17, 15) is 0 Å². The molecule has 0 heterocycles. The number of hydrogen-bond donors (Lipinski definition) is 0. The van der Waals surface area contributed by atoms with Gasteiger partial charge in [0.15, 0.2) is 0 Å². The second kappa shape index (κ2) is 11.5. The van der Waals surface area contributed by atoms with Crippen molar-refractivity contribution >= 4 is 0 Å². The summed E-state index contributed by atoms with van der Waals surface area (Å²) in [6.45, 7) is 2.42. The molecule has 0 amide bonds. The van der Waals surface area contributed by atoms with Crippen molar-refractivity contribution in [2.45, 2.75) is 122 Å². The normalized spacial score (nSPS) is 31.5. The van der Waals surface area contributed by atoms with Gasteiger partial charge in [0.05, 0.1) is 0 Å². The third-order valence-electron chi connectivity index (χ3n) is 6.77. The molecular formula is C22H42. The van der Waals surface area contributed by atoms with Crippen LogP contribution in [-0.4, -0.2) is 0 Å². The van der Waals surface area contributed by atoms with E-state index in [-0.39, 0.29) is 0 Å². The smallest absolute Gasteiger partial charge is 0.0386 e. The van der Waals surface area contributed by atoms with Gasteiger partial charge in [0, 0.05) is 0 Å². The third kappa shape index (κ3) is 7.05. The number of hydrogen-bond acceptors (Lipinski definition) is 0. The molecule has 0 heteroatoms. The molecule has 2 aliphatic rings. The maximum Gasteiger partial charge on any atom is -0.0386 e. The Morgan fingerprint density at radius 1 is 0.455 bits per heavy atom. The van der Waals surface area contributed by atoms with Crippen LogP contribution >= 0.6 is 0 Å². The predicted molar refractivity (Wildman–Crippen MR) is 99.3 cm³/mol. The summed E-state index contributed by atoms with van der Waals surface area (Å²) in [6, 6.07) is 0. The predicted octanol–water partition coefficient (Wildman–Crippen LogP) is 7.90. The minimum atomic E-state index is 1.04. The molecule has 0 radical (unpaired) electrons. The molecule has 0 N–H and O–H groups in total. The van der Waals surface area contributed by atoms with Crippen LogP contribution in [-0.2, 0) is 0 Å². The van der Waals surface area contributed by atoms with E-state index >= 15 is 0 Å². The van der Waals surface area contributed by atoms with Gasteiger partial charge in [-0.25, -0.2) is 0 Å². The standard InChI is InChI=1S/C22H42/c1-2-20-14-9-7-5-3-4-6-8-10-16-22(19-13-15-20)21-17-11-12-18-21/h20-22H,2-19H2,1H3. The van der Waals surface area contributed by atoms with E-state index in [2.05, 4.69) is 6.92 Å². The lowest BCUT2D eigenvalue weighted by Gasteiger charge is -2.24. The summed E-state index contributed by atoms with van der Waals surface area (Å²) in [7, 11) is 0. The topological polar surface area (TPSA) is 0 Å². The summed E-state index contributed by atoms with van der Waals surface area (Å²) in [5.41, 5.74) is 0. The van der Waals surface area contributed by atoms with E-state index in [0.29, 0.717) is 0 Å². The average molecular weight is 307 g/mol. The molecule has 2 unspecified atom stereocenters. The molecule has 0 saturated heterocycles. The van der Waals surface area contributed by atoms with Crippen molar-refractivity contribution < 1.29 is 0 Å². The summed E-state index contributed by atoms with van der Waals surface area (Å²) < 4.78 is 0. The Bertz CT molecular complexity index is 251. The summed E-state index contributed by atoms with van der Waals surface area (Å²) in [5.74, 6) is 3.23. The SMILES string of the molecule is CCC1CCCCCCCCCCC(C2CCCC2)CCC1. The molecule has 0 aromatic carbocycles. The van der Waals surface area contributed by atoms with Crippen molar-refractivity contribution in [3.63, 3.8) is 0 Å². The molecule has 2 saturated carbocycles. The van der Waals surface area contributed by atoms with E-state index in [1.54, 1.807) is 25.7 Å². The monoisotopic (exact) mass is 306 g/mol. The zero-order chi connectivity index (χ0) is 15.5. The fourth-order valence-corrected chi connectivity index (χ4v) is 5.17. The van der Waals surface area contributed by atoms with Gasteiger partial charge in [0.25, 0.3) is 0 Å². The van der Waals surface area contributed by atoms with Gasteiger partial charge in [-0.15, -0.1) is 0 Å². The molecule has 0 spiro atoms. The second-order valence-electron chi connectivity index (χ2n) is 8.42. The lowest BCUT2D eigenvalue weighted by Crippen LogP contribution is -2.13. The Balaban J connectivity index is 1.80. The zero-order valence-corrected chi connectivity index (χ0v) is 15.5. The zero-order valence-electron chi connectivity index (χ0n) is 15.5. The lowest BCUT2D eigenvalue weighted by atomic mass is 9.81. The fourth-order valence-electron chi connectivity index (χ4n) is 5.17. The first-order valence-electron chi connectivity index (χ1n) is 10.9. The molecule has 2 atom stereocenters. The van der Waals surface area contributed by atoms with E-state index in [4.69, 9.17) is 0 Å². The van der Waals surface area contributed by atoms with Gasteiger partial charge in [-0.3, -0.25) is 0 Å². The van der Waals surface area contributed by atoms with Crippen LogP contribution < -0.4 is 0 Å².